The lowest BCUT2D eigenvalue weighted by Crippen LogP contribution is -2.36. The minimum absolute atomic E-state index is 0.408. The van der Waals surface area contributed by atoms with Gasteiger partial charge in [0.2, 0.25) is 0 Å². The molecule has 0 amide bonds. The van der Waals surface area contributed by atoms with Crippen LogP contribution in [0.3, 0.4) is 0 Å². The molecule has 5 nitrogen and oxygen atoms in total. The average Bonchev–Trinajstić information content (AvgIpc) is 3.44. The number of fused-ring (bicyclic) bond motifs is 4. The zero-order valence-corrected chi connectivity index (χ0v) is 22.0. The van der Waals surface area contributed by atoms with Crippen molar-refractivity contribution in [1.82, 2.24) is 10.3 Å². The number of furan rings is 1. The number of rotatable bonds is 4. The van der Waals surface area contributed by atoms with Crippen LogP contribution < -0.4 is 5.32 Å². The van der Waals surface area contributed by atoms with Gasteiger partial charge in [-0.05, 0) is 39.6 Å². The minimum atomic E-state index is -0.408. The molecule has 1 atom stereocenters. The van der Waals surface area contributed by atoms with E-state index in [-0.39, 0.29) is 0 Å². The van der Waals surface area contributed by atoms with Crippen LogP contribution >= 0.6 is 0 Å². The summed E-state index contributed by atoms with van der Waals surface area (Å²) < 4.78 is 6.14. The van der Waals surface area contributed by atoms with Crippen molar-refractivity contribution >= 4 is 44.4 Å². The smallest absolute Gasteiger partial charge is 0.169 e. The van der Waals surface area contributed by atoms with Gasteiger partial charge < -0.3 is 9.73 Å². The topological polar surface area (TPSA) is 62.8 Å². The summed E-state index contributed by atoms with van der Waals surface area (Å²) in [6, 6.07) is 41.7. The zero-order chi connectivity index (χ0) is 27.2. The second-order valence-electron chi connectivity index (χ2n) is 10.1. The maximum Gasteiger partial charge on any atom is 0.169 e. The van der Waals surface area contributed by atoms with E-state index in [2.05, 4.69) is 95.2 Å². The number of pyridine rings is 1. The first-order chi connectivity index (χ1) is 20.3. The fraction of sp³-hybridized carbons (Fsp3) is 0.0278. The molecular formula is C36H24N4O. The molecule has 1 aliphatic heterocycles. The van der Waals surface area contributed by atoms with Crippen molar-refractivity contribution in [1.29, 1.82) is 0 Å². The molecule has 194 valence electrons. The lowest BCUT2D eigenvalue weighted by atomic mass is 9.97. The highest BCUT2D eigenvalue weighted by molar-refractivity contribution is 6.23. The van der Waals surface area contributed by atoms with Crippen molar-refractivity contribution in [2.45, 2.75) is 6.17 Å². The van der Waals surface area contributed by atoms with Gasteiger partial charge in [0.15, 0.2) is 6.17 Å². The fourth-order valence-corrected chi connectivity index (χ4v) is 5.66. The fourth-order valence-electron chi connectivity index (χ4n) is 5.66. The number of hydrogen-bond acceptors (Lipinski definition) is 5. The Balaban J connectivity index is 1.25. The van der Waals surface area contributed by atoms with E-state index in [1.54, 1.807) is 6.20 Å². The minimum Gasteiger partial charge on any atom is -0.456 e. The summed E-state index contributed by atoms with van der Waals surface area (Å²) in [7, 11) is 0. The van der Waals surface area contributed by atoms with Crippen LogP contribution in [0.4, 0.5) is 0 Å². The van der Waals surface area contributed by atoms with Gasteiger partial charge >= 0.3 is 0 Å². The molecule has 0 saturated carbocycles. The molecule has 0 fully saturated rings. The molecule has 3 heterocycles. The van der Waals surface area contributed by atoms with Gasteiger partial charge in [0.25, 0.3) is 0 Å². The van der Waals surface area contributed by atoms with Gasteiger partial charge in [-0.25, -0.2) is 9.98 Å². The second kappa shape index (κ2) is 9.57. The maximum absolute atomic E-state index is 6.14. The third-order valence-electron chi connectivity index (χ3n) is 7.65. The number of aliphatic imine (C=N–C) groups is 2. The van der Waals surface area contributed by atoms with Crippen molar-refractivity contribution < 1.29 is 4.42 Å². The van der Waals surface area contributed by atoms with Crippen LogP contribution in [-0.4, -0.2) is 16.7 Å². The van der Waals surface area contributed by atoms with Crippen LogP contribution in [0.15, 0.2) is 148 Å². The molecule has 0 saturated heterocycles. The summed E-state index contributed by atoms with van der Waals surface area (Å²) in [5, 5.41) is 7.95. The first kappa shape index (κ1) is 23.3. The Morgan fingerprint density at radius 2 is 1.32 bits per heavy atom. The molecule has 0 spiro atoms. The molecular weight excluding hydrogens is 504 g/mol. The Morgan fingerprint density at radius 1 is 0.561 bits per heavy atom. The number of nitrogens with one attached hydrogen (secondary N) is 1. The number of hydrogen-bond donors (Lipinski definition) is 1. The summed E-state index contributed by atoms with van der Waals surface area (Å²) in [4.78, 5) is 14.6. The summed E-state index contributed by atoms with van der Waals surface area (Å²) in [6.07, 6.45) is 3.19. The first-order valence-electron chi connectivity index (χ1n) is 13.6. The molecule has 0 aliphatic carbocycles. The summed E-state index contributed by atoms with van der Waals surface area (Å²) in [6.45, 7) is 0. The van der Waals surface area contributed by atoms with E-state index in [0.717, 1.165) is 55.9 Å². The standard InChI is InChI=1S/C36H24N4O/c1-2-9-25(10-3-1)34-38-35(26-18-16-24(17-19-26)28-13-6-11-23-8-4-5-12-27(23)28)40-36(39-34)29-14-7-15-32-33(29)30-22-37-21-20-31(30)41-32/h1-22,35H,(H,38,39,40). The third-order valence-corrected chi connectivity index (χ3v) is 7.65. The van der Waals surface area contributed by atoms with Crippen LogP contribution in [0.5, 0.6) is 0 Å². The summed E-state index contributed by atoms with van der Waals surface area (Å²) in [5.74, 6) is 1.53. The quantitative estimate of drug-likeness (QED) is 0.250. The molecule has 0 radical (unpaired) electrons. The van der Waals surface area contributed by atoms with Gasteiger partial charge in [0, 0.05) is 34.3 Å². The van der Waals surface area contributed by atoms with Crippen molar-refractivity contribution in [2.24, 2.45) is 9.98 Å². The highest BCUT2D eigenvalue weighted by Crippen LogP contribution is 2.34. The van der Waals surface area contributed by atoms with Gasteiger partial charge in [-0.15, -0.1) is 0 Å². The normalized spacial score (nSPS) is 15.1. The monoisotopic (exact) mass is 528 g/mol. The molecule has 0 bridgehead atoms. The lowest BCUT2D eigenvalue weighted by molar-refractivity contribution is 0.668. The maximum atomic E-state index is 6.14. The van der Waals surface area contributed by atoms with Crippen LogP contribution in [0.25, 0.3) is 43.8 Å². The predicted octanol–water partition coefficient (Wildman–Crippen LogP) is 8.30. The molecule has 1 unspecified atom stereocenters. The van der Waals surface area contributed by atoms with Crippen LogP contribution in [0.2, 0.25) is 0 Å². The number of benzene rings is 5. The SMILES string of the molecule is c1ccc(C2=NC(c3ccc(-c4cccc5ccccc45)cc3)N=C(c3cccc4oc5ccncc5c34)N2)cc1. The molecule has 5 heteroatoms. The van der Waals surface area contributed by atoms with Crippen LogP contribution in [0, 0.1) is 0 Å². The van der Waals surface area contributed by atoms with E-state index in [4.69, 9.17) is 14.4 Å². The highest BCUT2D eigenvalue weighted by atomic mass is 16.3. The van der Waals surface area contributed by atoms with E-state index in [9.17, 15) is 0 Å². The largest absolute Gasteiger partial charge is 0.456 e. The molecule has 7 aromatic rings. The number of aromatic nitrogens is 1. The summed E-state index contributed by atoms with van der Waals surface area (Å²) >= 11 is 0. The third kappa shape index (κ3) is 4.07. The van der Waals surface area contributed by atoms with E-state index < -0.39 is 6.17 Å². The first-order valence-corrected chi connectivity index (χ1v) is 13.6. The van der Waals surface area contributed by atoms with Crippen molar-refractivity contribution in [2.75, 3.05) is 0 Å². The predicted molar refractivity (Wildman–Crippen MR) is 166 cm³/mol. The Bertz CT molecular complexity index is 2120. The van der Waals surface area contributed by atoms with Crippen LogP contribution in [-0.2, 0) is 0 Å². The van der Waals surface area contributed by atoms with Crippen molar-refractivity contribution in [3.63, 3.8) is 0 Å². The van der Waals surface area contributed by atoms with E-state index >= 15 is 0 Å². The second-order valence-corrected chi connectivity index (χ2v) is 10.1. The Kier molecular flexibility index (Phi) is 5.45. The van der Waals surface area contributed by atoms with Gasteiger partial charge in [0.1, 0.15) is 22.8 Å². The molecule has 5 aromatic carbocycles. The van der Waals surface area contributed by atoms with E-state index in [1.807, 2.05) is 42.6 Å². The number of nitrogens with zero attached hydrogens (tertiary/aromatic N) is 3. The van der Waals surface area contributed by atoms with Crippen LogP contribution in [0.1, 0.15) is 22.9 Å². The van der Waals surface area contributed by atoms with Gasteiger partial charge in [-0.3, -0.25) is 4.98 Å². The summed E-state index contributed by atoms with van der Waals surface area (Å²) in [5.41, 5.74) is 6.96. The Hall–Kier alpha value is -5.55. The van der Waals surface area contributed by atoms with E-state index in [1.165, 1.54) is 16.3 Å². The number of amidine groups is 2. The molecule has 41 heavy (non-hydrogen) atoms. The Morgan fingerprint density at radius 3 is 2.22 bits per heavy atom. The average molecular weight is 529 g/mol. The zero-order valence-electron chi connectivity index (χ0n) is 22.0. The van der Waals surface area contributed by atoms with Gasteiger partial charge in [-0.1, -0.05) is 109 Å². The molecule has 2 aromatic heterocycles. The molecule has 1 aliphatic rings. The van der Waals surface area contributed by atoms with Gasteiger partial charge in [0.05, 0.1) is 0 Å². The molecule has 1 N–H and O–H groups in total. The van der Waals surface area contributed by atoms with Crippen molar-refractivity contribution in [3.8, 4) is 11.1 Å². The highest BCUT2D eigenvalue weighted by Gasteiger charge is 2.23. The molecule has 8 rings (SSSR count). The van der Waals surface area contributed by atoms with E-state index in [0.29, 0.717) is 0 Å². The lowest BCUT2D eigenvalue weighted by Gasteiger charge is -2.23. The van der Waals surface area contributed by atoms with Gasteiger partial charge in [-0.2, -0.15) is 0 Å². The van der Waals surface area contributed by atoms with Crippen molar-refractivity contribution in [3.05, 3.63) is 150 Å². The Labute approximate surface area is 236 Å².